The second-order valence-corrected chi connectivity index (χ2v) is 7.58. The molecule has 0 aliphatic rings. The molecule has 0 aliphatic heterocycles. The van der Waals surface area contributed by atoms with Crippen molar-refractivity contribution in [2.24, 2.45) is 5.73 Å². The fraction of sp³-hybridized carbons (Fsp3) is 0.211. The highest BCUT2D eigenvalue weighted by Crippen LogP contribution is 2.33. The van der Waals surface area contributed by atoms with Crippen molar-refractivity contribution in [2.75, 3.05) is 5.73 Å². The lowest BCUT2D eigenvalue weighted by Crippen LogP contribution is -2.42. The van der Waals surface area contributed by atoms with Gasteiger partial charge in [0.1, 0.15) is 10.6 Å². The molecule has 2 aromatic heterocycles. The summed E-state index contributed by atoms with van der Waals surface area (Å²) in [7, 11) is 0. The van der Waals surface area contributed by atoms with Gasteiger partial charge in [-0.15, -0.1) is 11.3 Å². The van der Waals surface area contributed by atoms with Crippen LogP contribution in [0.5, 0.6) is 0 Å². The molecule has 150 valence electrons. The van der Waals surface area contributed by atoms with Crippen molar-refractivity contribution in [3.05, 3.63) is 40.3 Å². The Balaban J connectivity index is 1.80. The number of nitrogens with one attached hydrogen (secondary N) is 1. The van der Waals surface area contributed by atoms with Crippen LogP contribution < -0.4 is 16.8 Å². The minimum atomic E-state index is -1.18. The smallest absolute Gasteiger partial charge is 0.338 e. The average Bonchev–Trinajstić information content (AvgIpc) is 2.95. The Bertz CT molecular complexity index is 1120. The molecule has 5 N–H and O–H groups in total. The summed E-state index contributed by atoms with van der Waals surface area (Å²) in [6, 6.07) is 5.38. The second-order valence-electron chi connectivity index (χ2n) is 6.37. The molecule has 3 rings (SSSR count). The van der Waals surface area contributed by atoms with Crippen LogP contribution in [0.1, 0.15) is 27.7 Å². The molecule has 0 fully saturated rings. The van der Waals surface area contributed by atoms with Crippen LogP contribution in [-0.2, 0) is 9.53 Å². The molecule has 10 heteroatoms. The number of carbonyl (C=O) groups is 3. The lowest BCUT2D eigenvalue weighted by atomic mass is 10.1. The van der Waals surface area contributed by atoms with Crippen LogP contribution in [0.15, 0.2) is 24.3 Å². The van der Waals surface area contributed by atoms with Crippen molar-refractivity contribution in [3.8, 4) is 11.4 Å². The number of urea groups is 1. The Labute approximate surface area is 170 Å². The molecule has 0 aliphatic carbocycles. The Hall–Kier alpha value is -3.53. The zero-order chi connectivity index (χ0) is 21.3. The summed E-state index contributed by atoms with van der Waals surface area (Å²) in [5, 5.41) is 2.71. The molecule has 0 unspecified atom stereocenters. The van der Waals surface area contributed by atoms with Crippen LogP contribution in [0.4, 0.5) is 10.6 Å². The summed E-state index contributed by atoms with van der Waals surface area (Å²) in [6.07, 6.45) is -1.18. The number of esters is 1. The van der Waals surface area contributed by atoms with E-state index < -0.39 is 24.0 Å². The Morgan fingerprint density at radius 1 is 1.14 bits per heavy atom. The molecule has 0 saturated carbocycles. The predicted octanol–water partition coefficient (Wildman–Crippen LogP) is 2.30. The number of imide groups is 1. The number of rotatable bonds is 4. The first-order valence-corrected chi connectivity index (χ1v) is 9.44. The summed E-state index contributed by atoms with van der Waals surface area (Å²) in [5.74, 6) is -0.666. The van der Waals surface area contributed by atoms with E-state index in [1.54, 1.807) is 23.5 Å². The van der Waals surface area contributed by atoms with Crippen molar-refractivity contribution < 1.29 is 19.1 Å². The largest absolute Gasteiger partial charge is 0.449 e. The van der Waals surface area contributed by atoms with E-state index in [1.807, 2.05) is 19.2 Å². The van der Waals surface area contributed by atoms with Gasteiger partial charge in [0.15, 0.2) is 11.9 Å². The number of hydrogen-bond acceptors (Lipinski definition) is 8. The maximum Gasteiger partial charge on any atom is 0.338 e. The van der Waals surface area contributed by atoms with Crippen LogP contribution in [0.25, 0.3) is 21.6 Å². The average molecular weight is 413 g/mol. The maximum absolute atomic E-state index is 12.2. The number of thiophene rings is 1. The highest BCUT2D eigenvalue weighted by Gasteiger charge is 2.20. The van der Waals surface area contributed by atoms with E-state index in [1.165, 1.54) is 19.1 Å². The van der Waals surface area contributed by atoms with E-state index in [0.717, 1.165) is 20.7 Å². The number of aromatic nitrogens is 2. The van der Waals surface area contributed by atoms with E-state index in [9.17, 15) is 14.4 Å². The molecular formula is C19H19N5O4S. The van der Waals surface area contributed by atoms with Gasteiger partial charge in [-0.25, -0.2) is 19.6 Å². The van der Waals surface area contributed by atoms with Gasteiger partial charge in [0.2, 0.25) is 0 Å². The Kier molecular flexibility index (Phi) is 5.46. The number of ether oxygens (including phenoxy) is 1. The van der Waals surface area contributed by atoms with Gasteiger partial charge in [0.05, 0.1) is 10.9 Å². The molecule has 29 heavy (non-hydrogen) atoms. The Morgan fingerprint density at radius 3 is 2.41 bits per heavy atom. The van der Waals surface area contributed by atoms with Gasteiger partial charge < -0.3 is 16.2 Å². The van der Waals surface area contributed by atoms with E-state index in [2.05, 4.69) is 9.97 Å². The monoisotopic (exact) mass is 413 g/mol. The van der Waals surface area contributed by atoms with Crippen LogP contribution in [-0.4, -0.2) is 34.0 Å². The minimum absolute atomic E-state index is 0.226. The summed E-state index contributed by atoms with van der Waals surface area (Å²) in [6.45, 7) is 5.33. The predicted molar refractivity (Wildman–Crippen MR) is 109 cm³/mol. The first-order chi connectivity index (χ1) is 13.7. The molecule has 3 aromatic rings. The topological polar surface area (TPSA) is 150 Å². The third kappa shape index (κ3) is 4.16. The first kappa shape index (κ1) is 20.2. The molecule has 0 saturated heterocycles. The lowest BCUT2D eigenvalue weighted by molar-refractivity contribution is -0.127. The van der Waals surface area contributed by atoms with Gasteiger partial charge in [-0.05, 0) is 38.5 Å². The zero-order valence-corrected chi connectivity index (χ0v) is 16.8. The SMILES string of the molecule is Cc1sc2nc(-c3ccc(C(=O)O[C@H](C)C(=O)NC(N)=O)cc3)nc(N)c2c1C. The molecule has 3 amide bonds. The maximum atomic E-state index is 12.2. The van der Waals surface area contributed by atoms with Crippen molar-refractivity contribution in [1.29, 1.82) is 0 Å². The van der Waals surface area contributed by atoms with Crippen molar-refractivity contribution in [2.45, 2.75) is 26.9 Å². The fourth-order valence-corrected chi connectivity index (χ4v) is 3.71. The van der Waals surface area contributed by atoms with Gasteiger partial charge in [0.25, 0.3) is 5.91 Å². The molecule has 0 bridgehead atoms. The number of fused-ring (bicyclic) bond motifs is 1. The number of aryl methyl sites for hydroxylation is 2. The molecule has 0 spiro atoms. The number of nitrogens with zero attached hydrogens (tertiary/aromatic N) is 2. The molecular weight excluding hydrogens is 394 g/mol. The number of carbonyl (C=O) groups excluding carboxylic acids is 3. The van der Waals surface area contributed by atoms with Crippen molar-refractivity contribution in [3.63, 3.8) is 0 Å². The summed E-state index contributed by atoms with van der Waals surface area (Å²) in [5.41, 5.74) is 13.0. The van der Waals surface area contributed by atoms with Gasteiger partial charge in [0, 0.05) is 10.4 Å². The second kappa shape index (κ2) is 7.84. The number of primary amides is 1. The standard InChI is InChI=1S/C19H19N5O4S/c1-8-10(3)29-17-13(8)14(20)22-15(23-17)11-4-6-12(7-5-11)18(26)28-9(2)16(25)24-19(21)27/h4-7,9H,1-3H3,(H2,20,22,23)(H3,21,24,25,27)/t9-/m1/s1. The molecule has 9 nitrogen and oxygen atoms in total. The molecule has 0 radical (unpaired) electrons. The molecule has 2 heterocycles. The summed E-state index contributed by atoms with van der Waals surface area (Å²) >= 11 is 1.55. The van der Waals surface area contributed by atoms with E-state index >= 15 is 0 Å². The minimum Gasteiger partial charge on any atom is -0.449 e. The fourth-order valence-electron chi connectivity index (χ4n) is 2.67. The van der Waals surface area contributed by atoms with Crippen LogP contribution >= 0.6 is 11.3 Å². The van der Waals surface area contributed by atoms with Gasteiger partial charge in [-0.1, -0.05) is 12.1 Å². The lowest BCUT2D eigenvalue weighted by Gasteiger charge is -2.12. The van der Waals surface area contributed by atoms with E-state index in [-0.39, 0.29) is 5.56 Å². The number of nitrogen functional groups attached to an aromatic ring is 1. The van der Waals surface area contributed by atoms with Crippen LogP contribution in [0, 0.1) is 13.8 Å². The van der Waals surface area contributed by atoms with Crippen LogP contribution in [0.2, 0.25) is 0 Å². The highest BCUT2D eigenvalue weighted by molar-refractivity contribution is 7.18. The molecule has 1 atom stereocenters. The zero-order valence-electron chi connectivity index (χ0n) is 16.0. The molecule has 1 aromatic carbocycles. The first-order valence-electron chi connectivity index (χ1n) is 8.62. The third-order valence-corrected chi connectivity index (χ3v) is 5.44. The number of nitrogens with two attached hydrogens (primary N) is 2. The van der Waals surface area contributed by atoms with Crippen molar-refractivity contribution >= 4 is 45.3 Å². The quantitative estimate of drug-likeness (QED) is 0.555. The van der Waals surface area contributed by atoms with E-state index in [4.69, 9.17) is 16.2 Å². The highest BCUT2D eigenvalue weighted by atomic mass is 32.1. The normalized spacial score (nSPS) is 11.8. The number of anilines is 1. The summed E-state index contributed by atoms with van der Waals surface area (Å²) < 4.78 is 5.03. The van der Waals surface area contributed by atoms with Gasteiger partial charge in [-0.3, -0.25) is 10.1 Å². The van der Waals surface area contributed by atoms with E-state index in [0.29, 0.717) is 17.2 Å². The van der Waals surface area contributed by atoms with Crippen molar-refractivity contribution in [1.82, 2.24) is 15.3 Å². The van der Waals surface area contributed by atoms with Gasteiger partial charge in [-0.2, -0.15) is 0 Å². The summed E-state index contributed by atoms with van der Waals surface area (Å²) in [4.78, 5) is 45.4. The number of benzene rings is 1. The number of hydrogen-bond donors (Lipinski definition) is 3. The van der Waals surface area contributed by atoms with Gasteiger partial charge >= 0.3 is 12.0 Å². The number of amides is 3. The Morgan fingerprint density at radius 2 is 1.79 bits per heavy atom. The third-order valence-electron chi connectivity index (χ3n) is 4.33. The van der Waals surface area contributed by atoms with Crippen LogP contribution in [0.3, 0.4) is 0 Å².